The first-order valence-corrected chi connectivity index (χ1v) is 7.85. The molecule has 1 aromatic heterocycles. The van der Waals surface area contributed by atoms with Crippen molar-refractivity contribution in [2.75, 3.05) is 19.8 Å². The van der Waals surface area contributed by atoms with Crippen molar-refractivity contribution < 1.29 is 18.7 Å². The lowest BCUT2D eigenvalue weighted by atomic mass is 10.1. The van der Waals surface area contributed by atoms with Crippen LogP contribution < -0.4 is 9.47 Å². The molecule has 122 valence electrons. The Bertz CT molecular complexity index is 664. The van der Waals surface area contributed by atoms with E-state index >= 15 is 0 Å². The second kappa shape index (κ2) is 6.77. The molecule has 0 saturated carbocycles. The van der Waals surface area contributed by atoms with Crippen LogP contribution >= 0.6 is 0 Å². The van der Waals surface area contributed by atoms with Crippen molar-refractivity contribution in [3.63, 3.8) is 0 Å². The summed E-state index contributed by atoms with van der Waals surface area (Å²) in [6.45, 7) is 6.47. The highest BCUT2D eigenvalue weighted by atomic mass is 16.6. The standard InChI is InChI=1S/C18H21NO4/c1-13(2)11-19(18(20)16-4-3-7-21-16)12-14-5-6-15-17(10-14)23-9-8-22-15/h3-7,10,13H,8-9,11-12H2,1-2H3. The van der Waals surface area contributed by atoms with Gasteiger partial charge in [0.2, 0.25) is 0 Å². The Morgan fingerprint density at radius 1 is 1.17 bits per heavy atom. The molecule has 1 amide bonds. The molecule has 0 aliphatic carbocycles. The van der Waals surface area contributed by atoms with E-state index in [-0.39, 0.29) is 5.91 Å². The molecule has 0 bridgehead atoms. The van der Waals surface area contributed by atoms with Crippen molar-refractivity contribution in [3.8, 4) is 11.5 Å². The highest BCUT2D eigenvalue weighted by Gasteiger charge is 2.20. The van der Waals surface area contributed by atoms with E-state index in [2.05, 4.69) is 13.8 Å². The van der Waals surface area contributed by atoms with Crippen molar-refractivity contribution in [2.24, 2.45) is 5.92 Å². The minimum Gasteiger partial charge on any atom is -0.486 e. The maximum atomic E-state index is 12.6. The van der Waals surface area contributed by atoms with Crippen LogP contribution in [-0.2, 0) is 6.54 Å². The summed E-state index contributed by atoms with van der Waals surface area (Å²) in [5.41, 5.74) is 1.01. The molecule has 5 heteroatoms. The Balaban J connectivity index is 1.79. The SMILES string of the molecule is CC(C)CN(Cc1ccc2c(c1)OCCO2)C(=O)c1ccco1. The van der Waals surface area contributed by atoms with Gasteiger partial charge in [0.25, 0.3) is 5.91 Å². The quantitative estimate of drug-likeness (QED) is 0.849. The number of amides is 1. The average molecular weight is 315 g/mol. The van der Waals surface area contributed by atoms with Gasteiger partial charge < -0.3 is 18.8 Å². The maximum Gasteiger partial charge on any atom is 0.289 e. The zero-order chi connectivity index (χ0) is 16.2. The number of fused-ring (bicyclic) bond motifs is 1. The highest BCUT2D eigenvalue weighted by Crippen LogP contribution is 2.31. The van der Waals surface area contributed by atoms with Crippen LogP contribution in [0.3, 0.4) is 0 Å². The zero-order valence-corrected chi connectivity index (χ0v) is 13.5. The molecule has 1 aromatic carbocycles. The number of nitrogens with zero attached hydrogens (tertiary/aromatic N) is 1. The Labute approximate surface area is 135 Å². The number of hydrogen-bond acceptors (Lipinski definition) is 4. The van der Waals surface area contributed by atoms with E-state index in [1.165, 1.54) is 6.26 Å². The second-order valence-electron chi connectivity index (χ2n) is 6.03. The molecule has 0 unspecified atom stereocenters. The number of carbonyl (C=O) groups is 1. The third-order valence-corrected chi connectivity index (χ3v) is 3.58. The summed E-state index contributed by atoms with van der Waals surface area (Å²) >= 11 is 0. The van der Waals surface area contributed by atoms with E-state index < -0.39 is 0 Å². The molecule has 23 heavy (non-hydrogen) atoms. The molecule has 0 atom stereocenters. The number of furan rings is 1. The van der Waals surface area contributed by atoms with E-state index in [1.54, 1.807) is 17.0 Å². The molecule has 0 spiro atoms. The molecule has 1 aliphatic rings. The van der Waals surface area contributed by atoms with E-state index in [1.807, 2.05) is 18.2 Å². The summed E-state index contributed by atoms with van der Waals surface area (Å²) in [7, 11) is 0. The summed E-state index contributed by atoms with van der Waals surface area (Å²) in [5.74, 6) is 2.13. The lowest BCUT2D eigenvalue weighted by molar-refractivity contribution is 0.0690. The Hall–Kier alpha value is -2.43. The van der Waals surface area contributed by atoms with Gasteiger partial charge in [-0.15, -0.1) is 0 Å². The van der Waals surface area contributed by atoms with Gasteiger partial charge >= 0.3 is 0 Å². The fourth-order valence-electron chi connectivity index (χ4n) is 2.62. The predicted octanol–water partition coefficient (Wildman–Crippen LogP) is 3.35. The molecule has 0 saturated heterocycles. The van der Waals surface area contributed by atoms with Crippen LogP contribution in [0.1, 0.15) is 30.0 Å². The van der Waals surface area contributed by atoms with E-state index in [0.717, 1.165) is 17.1 Å². The summed E-state index contributed by atoms with van der Waals surface area (Å²) in [5, 5.41) is 0. The van der Waals surface area contributed by atoms with Gasteiger partial charge in [0, 0.05) is 13.1 Å². The predicted molar refractivity (Wildman–Crippen MR) is 85.7 cm³/mol. The molecule has 2 aromatic rings. The molecule has 1 aliphatic heterocycles. The molecule has 5 nitrogen and oxygen atoms in total. The number of benzene rings is 1. The Kier molecular flexibility index (Phi) is 4.55. The van der Waals surface area contributed by atoms with E-state index in [9.17, 15) is 4.79 Å². The van der Waals surface area contributed by atoms with Gasteiger partial charge in [0.05, 0.1) is 6.26 Å². The van der Waals surface area contributed by atoms with E-state index in [4.69, 9.17) is 13.9 Å². The summed E-state index contributed by atoms with van der Waals surface area (Å²) in [4.78, 5) is 14.4. The summed E-state index contributed by atoms with van der Waals surface area (Å²) in [6, 6.07) is 9.23. The van der Waals surface area contributed by atoms with Gasteiger partial charge in [-0.25, -0.2) is 0 Å². The number of rotatable bonds is 5. The Morgan fingerprint density at radius 3 is 2.65 bits per heavy atom. The van der Waals surface area contributed by atoms with Gasteiger partial charge in [-0.3, -0.25) is 4.79 Å². The molecule has 0 N–H and O–H groups in total. The molecule has 2 heterocycles. The maximum absolute atomic E-state index is 12.6. The number of ether oxygens (including phenoxy) is 2. The normalized spacial score (nSPS) is 13.2. The van der Waals surface area contributed by atoms with E-state index in [0.29, 0.717) is 38.0 Å². The van der Waals surface area contributed by atoms with Gasteiger partial charge in [-0.1, -0.05) is 19.9 Å². The molecule has 0 fully saturated rings. The van der Waals surface area contributed by atoms with Crippen molar-refractivity contribution in [2.45, 2.75) is 20.4 Å². The third-order valence-electron chi connectivity index (χ3n) is 3.58. The molecular weight excluding hydrogens is 294 g/mol. The van der Waals surface area contributed by atoms with Crippen LogP contribution in [0, 0.1) is 5.92 Å². The van der Waals surface area contributed by atoms with Gasteiger partial charge in [0.1, 0.15) is 13.2 Å². The lowest BCUT2D eigenvalue weighted by Gasteiger charge is -2.25. The van der Waals surface area contributed by atoms with Crippen LogP contribution in [0.2, 0.25) is 0 Å². The average Bonchev–Trinajstić information content (AvgIpc) is 3.07. The fraction of sp³-hybridized carbons (Fsp3) is 0.389. The first-order chi connectivity index (χ1) is 11.1. The largest absolute Gasteiger partial charge is 0.486 e. The molecule has 0 radical (unpaired) electrons. The van der Waals surface area contributed by atoms with Crippen LogP contribution in [0.25, 0.3) is 0 Å². The minimum absolute atomic E-state index is 0.0985. The summed E-state index contributed by atoms with van der Waals surface area (Å²) < 4.78 is 16.4. The van der Waals surface area contributed by atoms with Crippen molar-refractivity contribution in [1.82, 2.24) is 4.90 Å². The zero-order valence-electron chi connectivity index (χ0n) is 13.5. The second-order valence-corrected chi connectivity index (χ2v) is 6.03. The van der Waals surface area contributed by atoms with Gasteiger partial charge in [-0.2, -0.15) is 0 Å². The van der Waals surface area contributed by atoms with Crippen LogP contribution in [0.5, 0.6) is 11.5 Å². The monoisotopic (exact) mass is 315 g/mol. The van der Waals surface area contributed by atoms with Crippen molar-refractivity contribution >= 4 is 5.91 Å². The van der Waals surface area contributed by atoms with Gasteiger partial charge in [0.15, 0.2) is 17.3 Å². The highest BCUT2D eigenvalue weighted by molar-refractivity contribution is 5.91. The third kappa shape index (κ3) is 3.67. The lowest BCUT2D eigenvalue weighted by Crippen LogP contribution is -2.33. The minimum atomic E-state index is -0.0985. The fourth-order valence-corrected chi connectivity index (χ4v) is 2.62. The number of hydrogen-bond donors (Lipinski definition) is 0. The van der Waals surface area contributed by atoms with Crippen LogP contribution in [0.15, 0.2) is 41.0 Å². The smallest absolute Gasteiger partial charge is 0.289 e. The molecule has 3 rings (SSSR count). The van der Waals surface area contributed by atoms with Crippen molar-refractivity contribution in [3.05, 3.63) is 47.9 Å². The first kappa shape index (κ1) is 15.5. The topological polar surface area (TPSA) is 51.9 Å². The van der Waals surface area contributed by atoms with Gasteiger partial charge in [-0.05, 0) is 35.7 Å². The number of carbonyl (C=O) groups excluding carboxylic acids is 1. The molecular formula is C18H21NO4. The van der Waals surface area contributed by atoms with Crippen LogP contribution in [0.4, 0.5) is 0 Å². The Morgan fingerprint density at radius 2 is 1.96 bits per heavy atom. The van der Waals surface area contributed by atoms with Crippen LogP contribution in [-0.4, -0.2) is 30.6 Å². The summed E-state index contributed by atoms with van der Waals surface area (Å²) in [6.07, 6.45) is 1.52. The first-order valence-electron chi connectivity index (χ1n) is 7.85. The van der Waals surface area contributed by atoms with Crippen molar-refractivity contribution in [1.29, 1.82) is 0 Å².